The molecule has 0 saturated heterocycles. The number of methoxy groups -OCH3 is 1. The fraction of sp³-hybridized carbons (Fsp3) is 0.118. The van der Waals surface area contributed by atoms with Crippen molar-refractivity contribution in [2.45, 2.75) is 6.54 Å². The van der Waals surface area contributed by atoms with Crippen LogP contribution in [0, 0.1) is 0 Å². The minimum Gasteiger partial charge on any atom is -0.497 e. The number of nitrogens with zero attached hydrogens (tertiary/aromatic N) is 3. The summed E-state index contributed by atoms with van der Waals surface area (Å²) in [6.07, 6.45) is 0. The molecule has 0 aliphatic carbocycles. The number of nitrogens with one attached hydrogen (secondary N) is 1. The summed E-state index contributed by atoms with van der Waals surface area (Å²) in [5, 5.41) is 6.15. The highest BCUT2D eigenvalue weighted by atomic mass is 32.1. The Bertz CT molecular complexity index is 1010. The van der Waals surface area contributed by atoms with E-state index in [1.54, 1.807) is 18.4 Å². The van der Waals surface area contributed by atoms with Gasteiger partial charge in [0.1, 0.15) is 16.3 Å². The third-order valence-electron chi connectivity index (χ3n) is 3.60. The van der Waals surface area contributed by atoms with Gasteiger partial charge in [0.25, 0.3) is 0 Å². The molecule has 1 aromatic carbocycles. The Kier molecular flexibility index (Phi) is 4.21. The predicted molar refractivity (Wildman–Crippen MR) is 103 cm³/mol. The number of nitrogen functional groups attached to an aromatic ring is 1. The summed E-state index contributed by atoms with van der Waals surface area (Å²) < 4.78 is 5.24. The smallest absolute Gasteiger partial charge is 0.226 e. The van der Waals surface area contributed by atoms with Crippen LogP contribution >= 0.6 is 22.7 Å². The number of thiazole rings is 1. The van der Waals surface area contributed by atoms with E-state index in [1.807, 2.05) is 41.8 Å². The van der Waals surface area contributed by atoms with E-state index >= 15 is 0 Å². The monoisotopic (exact) mass is 369 g/mol. The highest BCUT2D eigenvalue weighted by Gasteiger charge is 2.13. The van der Waals surface area contributed by atoms with E-state index in [-0.39, 0.29) is 0 Å². The molecule has 0 atom stereocenters. The fourth-order valence-electron chi connectivity index (χ4n) is 2.39. The highest BCUT2D eigenvalue weighted by Crippen LogP contribution is 2.34. The molecule has 0 fully saturated rings. The molecule has 0 amide bonds. The van der Waals surface area contributed by atoms with Gasteiger partial charge in [0.15, 0.2) is 10.6 Å². The van der Waals surface area contributed by atoms with Crippen LogP contribution < -0.4 is 15.8 Å². The third-order valence-corrected chi connectivity index (χ3v) is 5.59. The van der Waals surface area contributed by atoms with Gasteiger partial charge in [0.2, 0.25) is 5.95 Å². The van der Waals surface area contributed by atoms with E-state index < -0.39 is 0 Å². The number of anilines is 2. The topological polar surface area (TPSA) is 86.0 Å². The van der Waals surface area contributed by atoms with Crippen LogP contribution in [0.3, 0.4) is 0 Å². The van der Waals surface area contributed by atoms with Crippen molar-refractivity contribution in [2.75, 3.05) is 18.2 Å². The molecule has 6 nitrogen and oxygen atoms in total. The first kappa shape index (κ1) is 15.8. The van der Waals surface area contributed by atoms with Gasteiger partial charge in [-0.15, -0.1) is 11.3 Å². The van der Waals surface area contributed by atoms with E-state index in [0.29, 0.717) is 23.8 Å². The standard InChI is InChI=1S/C17H15N5OS2/c1-23-11-5-2-4-10(8-11)9-19-17-21-14(18)13-16(22-17)25-15(20-13)12-6-3-7-24-12/h2-8H,9H2,1H3,(H3,18,19,21,22). The minimum atomic E-state index is 0.386. The summed E-state index contributed by atoms with van der Waals surface area (Å²) in [6.45, 7) is 0.582. The maximum absolute atomic E-state index is 6.07. The largest absolute Gasteiger partial charge is 0.497 e. The van der Waals surface area contributed by atoms with E-state index in [1.165, 1.54) is 11.3 Å². The number of ether oxygens (including phenoxy) is 1. The van der Waals surface area contributed by atoms with Crippen molar-refractivity contribution in [1.29, 1.82) is 0 Å². The lowest BCUT2D eigenvalue weighted by molar-refractivity contribution is 0.414. The molecule has 3 N–H and O–H groups in total. The van der Waals surface area contributed by atoms with E-state index in [2.05, 4.69) is 20.3 Å². The molecule has 25 heavy (non-hydrogen) atoms. The second-order valence-corrected chi connectivity index (χ2v) is 7.21. The van der Waals surface area contributed by atoms with Crippen molar-refractivity contribution in [2.24, 2.45) is 0 Å². The highest BCUT2D eigenvalue weighted by molar-refractivity contribution is 7.24. The number of nitrogens with two attached hydrogens (primary N) is 1. The Labute approximate surface area is 152 Å². The molecular formula is C17H15N5OS2. The average Bonchev–Trinajstić information content (AvgIpc) is 3.29. The molecule has 4 aromatic rings. The second-order valence-electron chi connectivity index (χ2n) is 5.29. The van der Waals surface area contributed by atoms with Gasteiger partial charge in [0.05, 0.1) is 12.0 Å². The van der Waals surface area contributed by atoms with Crippen LogP contribution in [0.15, 0.2) is 41.8 Å². The van der Waals surface area contributed by atoms with Crippen molar-refractivity contribution >= 4 is 44.8 Å². The van der Waals surface area contributed by atoms with Crippen molar-refractivity contribution < 1.29 is 4.74 Å². The van der Waals surface area contributed by atoms with Gasteiger partial charge in [0, 0.05) is 6.54 Å². The van der Waals surface area contributed by atoms with Crippen molar-refractivity contribution in [1.82, 2.24) is 15.0 Å². The van der Waals surface area contributed by atoms with Gasteiger partial charge in [-0.3, -0.25) is 0 Å². The molecule has 0 aliphatic heterocycles. The summed E-state index contributed by atoms with van der Waals surface area (Å²) in [6, 6.07) is 11.9. The zero-order valence-corrected chi connectivity index (χ0v) is 15.0. The number of hydrogen-bond donors (Lipinski definition) is 2. The van der Waals surface area contributed by atoms with Crippen molar-refractivity contribution in [3.8, 4) is 15.6 Å². The maximum atomic E-state index is 6.07. The average molecular weight is 369 g/mol. The summed E-state index contributed by atoms with van der Waals surface area (Å²) in [4.78, 5) is 15.3. The summed E-state index contributed by atoms with van der Waals surface area (Å²) in [5.41, 5.74) is 7.80. The molecule has 4 rings (SSSR count). The lowest BCUT2D eigenvalue weighted by atomic mass is 10.2. The molecule has 8 heteroatoms. The Morgan fingerprint density at radius 1 is 1.16 bits per heavy atom. The molecule has 0 bridgehead atoms. The Balaban J connectivity index is 1.59. The van der Waals surface area contributed by atoms with Gasteiger partial charge < -0.3 is 15.8 Å². The summed E-state index contributed by atoms with van der Waals surface area (Å²) in [7, 11) is 1.65. The first-order valence-corrected chi connectivity index (χ1v) is 9.27. The van der Waals surface area contributed by atoms with Gasteiger partial charge in [-0.25, -0.2) is 9.97 Å². The number of rotatable bonds is 5. The van der Waals surface area contributed by atoms with Crippen molar-refractivity contribution in [3.63, 3.8) is 0 Å². The quantitative estimate of drug-likeness (QED) is 0.553. The Morgan fingerprint density at radius 2 is 2.08 bits per heavy atom. The van der Waals surface area contributed by atoms with Crippen LogP contribution in [0.25, 0.3) is 20.2 Å². The van der Waals surface area contributed by atoms with E-state index in [9.17, 15) is 0 Å². The van der Waals surface area contributed by atoms with Gasteiger partial charge in [-0.2, -0.15) is 4.98 Å². The zero-order chi connectivity index (χ0) is 17.2. The van der Waals surface area contributed by atoms with Crippen LogP contribution in [0.2, 0.25) is 0 Å². The normalized spacial score (nSPS) is 10.9. The summed E-state index contributed by atoms with van der Waals surface area (Å²) in [5.74, 6) is 1.70. The molecular weight excluding hydrogens is 354 g/mol. The molecule has 3 heterocycles. The van der Waals surface area contributed by atoms with Crippen LogP contribution in [0.4, 0.5) is 11.8 Å². The van der Waals surface area contributed by atoms with Crippen LogP contribution in [-0.4, -0.2) is 22.1 Å². The molecule has 0 spiro atoms. The number of hydrogen-bond acceptors (Lipinski definition) is 8. The second kappa shape index (κ2) is 6.66. The first-order chi connectivity index (χ1) is 12.2. The van der Waals surface area contributed by atoms with Gasteiger partial charge in [-0.1, -0.05) is 29.5 Å². The molecule has 126 valence electrons. The first-order valence-electron chi connectivity index (χ1n) is 7.57. The Hall–Kier alpha value is -2.71. The van der Waals surface area contributed by atoms with Crippen LogP contribution in [0.5, 0.6) is 5.75 Å². The molecule has 3 aromatic heterocycles. The van der Waals surface area contributed by atoms with Crippen LogP contribution in [0.1, 0.15) is 5.56 Å². The Morgan fingerprint density at radius 3 is 2.88 bits per heavy atom. The lowest BCUT2D eigenvalue weighted by Gasteiger charge is -2.07. The zero-order valence-electron chi connectivity index (χ0n) is 13.4. The van der Waals surface area contributed by atoms with Crippen LogP contribution in [-0.2, 0) is 6.54 Å². The summed E-state index contributed by atoms with van der Waals surface area (Å²) >= 11 is 3.16. The van der Waals surface area contributed by atoms with Crippen molar-refractivity contribution in [3.05, 3.63) is 47.3 Å². The predicted octanol–water partition coefficient (Wildman–Crippen LogP) is 4.02. The van der Waals surface area contributed by atoms with E-state index in [0.717, 1.165) is 26.0 Å². The molecule has 0 aliphatic rings. The number of benzene rings is 1. The minimum absolute atomic E-state index is 0.386. The number of thiophene rings is 1. The van der Waals surface area contributed by atoms with E-state index in [4.69, 9.17) is 10.5 Å². The number of fused-ring (bicyclic) bond motifs is 1. The van der Waals surface area contributed by atoms with Gasteiger partial charge >= 0.3 is 0 Å². The van der Waals surface area contributed by atoms with Gasteiger partial charge in [-0.05, 0) is 29.1 Å². The lowest BCUT2D eigenvalue weighted by Crippen LogP contribution is -2.05. The number of aromatic nitrogens is 3. The third kappa shape index (κ3) is 3.26. The fourth-order valence-corrected chi connectivity index (χ4v) is 4.14. The SMILES string of the molecule is COc1cccc(CNc2nc(N)c3nc(-c4cccs4)sc3n2)c1. The molecule has 0 saturated carbocycles. The molecule has 0 unspecified atom stereocenters. The maximum Gasteiger partial charge on any atom is 0.226 e. The molecule has 0 radical (unpaired) electrons.